The fraction of sp³-hybridized carbons (Fsp3) is 0.417. The standard InChI is InChI=1S/C12H16N2O4/c1-14-5-4-8(12(14)18)13-6-7-2-3-9(15)11(17)10(7)16/h2-3,8,13,15-17H,4-6H2,1H3. The maximum atomic E-state index is 11.6. The smallest absolute Gasteiger partial charge is 0.239 e. The first kappa shape index (κ1) is 12.5. The van der Waals surface area contributed by atoms with Crippen LogP contribution in [0.25, 0.3) is 0 Å². The van der Waals surface area contributed by atoms with Crippen LogP contribution in [0, 0.1) is 0 Å². The zero-order chi connectivity index (χ0) is 13.3. The fourth-order valence-electron chi connectivity index (χ4n) is 2.00. The Morgan fingerprint density at radius 1 is 1.33 bits per heavy atom. The first-order chi connectivity index (χ1) is 8.50. The van der Waals surface area contributed by atoms with Gasteiger partial charge >= 0.3 is 0 Å². The number of hydrogen-bond acceptors (Lipinski definition) is 5. The van der Waals surface area contributed by atoms with Crippen molar-refractivity contribution in [3.05, 3.63) is 17.7 Å². The van der Waals surface area contributed by atoms with E-state index in [1.807, 2.05) is 0 Å². The van der Waals surface area contributed by atoms with Crippen LogP contribution in [0.3, 0.4) is 0 Å². The summed E-state index contributed by atoms with van der Waals surface area (Å²) in [5.74, 6) is -1.24. The van der Waals surface area contributed by atoms with Crippen LogP contribution in [0.5, 0.6) is 17.2 Å². The second-order valence-corrected chi connectivity index (χ2v) is 4.42. The molecule has 1 unspecified atom stereocenters. The van der Waals surface area contributed by atoms with Crippen molar-refractivity contribution in [1.82, 2.24) is 10.2 Å². The van der Waals surface area contributed by atoms with E-state index in [9.17, 15) is 20.1 Å². The Morgan fingerprint density at radius 2 is 2.06 bits per heavy atom. The highest BCUT2D eigenvalue weighted by atomic mass is 16.3. The van der Waals surface area contributed by atoms with Crippen LogP contribution in [0.15, 0.2) is 12.1 Å². The van der Waals surface area contributed by atoms with E-state index in [4.69, 9.17) is 0 Å². The Bertz CT molecular complexity index is 475. The number of carbonyl (C=O) groups excluding carboxylic acids is 1. The quantitative estimate of drug-likeness (QED) is 0.574. The van der Waals surface area contributed by atoms with Crippen molar-refractivity contribution in [3.8, 4) is 17.2 Å². The van der Waals surface area contributed by atoms with Gasteiger partial charge in [-0.05, 0) is 12.5 Å². The zero-order valence-corrected chi connectivity index (χ0v) is 10.1. The molecule has 0 aromatic heterocycles. The van der Waals surface area contributed by atoms with Crippen LogP contribution in [-0.4, -0.2) is 45.8 Å². The van der Waals surface area contributed by atoms with Crippen LogP contribution < -0.4 is 5.32 Å². The molecule has 0 spiro atoms. The van der Waals surface area contributed by atoms with Crippen molar-refractivity contribution in [2.24, 2.45) is 0 Å². The first-order valence-corrected chi connectivity index (χ1v) is 5.72. The van der Waals surface area contributed by atoms with Crippen molar-refractivity contribution in [2.75, 3.05) is 13.6 Å². The lowest BCUT2D eigenvalue weighted by Crippen LogP contribution is -2.36. The van der Waals surface area contributed by atoms with Gasteiger partial charge in [0, 0.05) is 25.7 Å². The molecule has 0 radical (unpaired) electrons. The van der Waals surface area contributed by atoms with Gasteiger partial charge in [-0.25, -0.2) is 0 Å². The molecular formula is C12H16N2O4. The average molecular weight is 252 g/mol. The number of likely N-dealkylation sites (tertiary alicyclic amines) is 1. The number of aromatic hydroxyl groups is 3. The third-order valence-corrected chi connectivity index (χ3v) is 3.18. The molecule has 98 valence electrons. The van der Waals surface area contributed by atoms with Gasteiger partial charge < -0.3 is 25.5 Å². The zero-order valence-electron chi connectivity index (χ0n) is 10.1. The Morgan fingerprint density at radius 3 is 2.67 bits per heavy atom. The lowest BCUT2D eigenvalue weighted by molar-refractivity contribution is -0.128. The van der Waals surface area contributed by atoms with Crippen molar-refractivity contribution >= 4 is 5.91 Å². The maximum Gasteiger partial charge on any atom is 0.239 e. The molecule has 6 heteroatoms. The molecule has 1 aliphatic heterocycles. The van der Waals surface area contributed by atoms with E-state index in [-0.39, 0.29) is 30.0 Å². The van der Waals surface area contributed by atoms with E-state index in [0.29, 0.717) is 12.1 Å². The molecule has 1 aromatic rings. The minimum absolute atomic E-state index is 0.0255. The Hall–Kier alpha value is -1.95. The number of nitrogens with one attached hydrogen (secondary N) is 1. The predicted octanol–water partition coefficient (Wildman–Crippen LogP) is 0.124. The Kier molecular flexibility index (Phi) is 3.29. The number of hydrogen-bond donors (Lipinski definition) is 4. The molecule has 1 aromatic carbocycles. The normalized spacial score (nSPS) is 19.5. The summed E-state index contributed by atoms with van der Waals surface area (Å²) in [7, 11) is 1.74. The van der Waals surface area contributed by atoms with Gasteiger partial charge in [0.1, 0.15) is 0 Å². The number of likely N-dealkylation sites (N-methyl/N-ethyl adjacent to an activating group) is 1. The molecule has 1 heterocycles. The van der Waals surface area contributed by atoms with Crippen LogP contribution in [0.4, 0.5) is 0 Å². The summed E-state index contributed by atoms with van der Waals surface area (Å²) < 4.78 is 0. The molecule has 1 fully saturated rings. The van der Waals surface area contributed by atoms with Gasteiger partial charge in [-0.15, -0.1) is 0 Å². The summed E-state index contributed by atoms with van der Waals surface area (Å²) in [6.45, 7) is 0.966. The van der Waals surface area contributed by atoms with E-state index in [2.05, 4.69) is 5.32 Å². The number of phenolic OH excluding ortho intramolecular Hbond substituents is 3. The van der Waals surface area contributed by atoms with Crippen LogP contribution in [0.1, 0.15) is 12.0 Å². The molecule has 1 aliphatic rings. The Labute approximate surface area is 104 Å². The van der Waals surface area contributed by atoms with E-state index in [0.717, 1.165) is 6.42 Å². The van der Waals surface area contributed by atoms with Gasteiger partial charge in [-0.3, -0.25) is 4.79 Å². The second-order valence-electron chi connectivity index (χ2n) is 4.42. The van der Waals surface area contributed by atoms with E-state index >= 15 is 0 Å². The average Bonchev–Trinajstić information content (AvgIpc) is 2.67. The van der Waals surface area contributed by atoms with Crippen molar-refractivity contribution < 1.29 is 20.1 Å². The summed E-state index contributed by atoms with van der Waals surface area (Å²) in [6, 6.07) is 2.54. The molecule has 1 saturated heterocycles. The summed E-state index contributed by atoms with van der Waals surface area (Å²) in [6.07, 6.45) is 0.722. The highest BCUT2D eigenvalue weighted by Crippen LogP contribution is 2.36. The summed E-state index contributed by atoms with van der Waals surface area (Å²) >= 11 is 0. The molecule has 1 atom stereocenters. The molecule has 18 heavy (non-hydrogen) atoms. The molecule has 2 rings (SSSR count). The monoisotopic (exact) mass is 252 g/mol. The maximum absolute atomic E-state index is 11.6. The van der Waals surface area contributed by atoms with Gasteiger partial charge in [-0.2, -0.15) is 0 Å². The van der Waals surface area contributed by atoms with E-state index in [1.165, 1.54) is 12.1 Å². The number of rotatable bonds is 3. The minimum Gasteiger partial charge on any atom is -0.504 e. The second kappa shape index (κ2) is 4.73. The van der Waals surface area contributed by atoms with E-state index < -0.39 is 5.75 Å². The molecule has 0 aliphatic carbocycles. The number of phenols is 3. The van der Waals surface area contributed by atoms with Gasteiger partial charge in [0.2, 0.25) is 11.7 Å². The van der Waals surface area contributed by atoms with Crippen molar-refractivity contribution in [3.63, 3.8) is 0 Å². The highest BCUT2D eigenvalue weighted by molar-refractivity contribution is 5.83. The van der Waals surface area contributed by atoms with Gasteiger partial charge in [0.15, 0.2) is 11.5 Å². The topological polar surface area (TPSA) is 93.0 Å². The summed E-state index contributed by atoms with van der Waals surface area (Å²) in [5.41, 5.74) is 0.438. The number of carbonyl (C=O) groups is 1. The van der Waals surface area contributed by atoms with Crippen molar-refractivity contribution in [2.45, 2.75) is 19.0 Å². The fourth-order valence-corrected chi connectivity index (χ4v) is 2.00. The number of amides is 1. The van der Waals surface area contributed by atoms with Gasteiger partial charge in [0.25, 0.3) is 0 Å². The molecule has 6 nitrogen and oxygen atoms in total. The van der Waals surface area contributed by atoms with Gasteiger partial charge in [0.05, 0.1) is 6.04 Å². The largest absolute Gasteiger partial charge is 0.504 e. The summed E-state index contributed by atoms with van der Waals surface area (Å²) in [4.78, 5) is 13.3. The predicted molar refractivity (Wildman–Crippen MR) is 64.3 cm³/mol. The van der Waals surface area contributed by atoms with E-state index in [1.54, 1.807) is 11.9 Å². The third kappa shape index (κ3) is 2.19. The molecule has 4 N–H and O–H groups in total. The number of nitrogens with zero attached hydrogens (tertiary/aromatic N) is 1. The third-order valence-electron chi connectivity index (χ3n) is 3.18. The lowest BCUT2D eigenvalue weighted by atomic mass is 10.1. The van der Waals surface area contributed by atoms with Crippen LogP contribution >= 0.6 is 0 Å². The number of benzene rings is 1. The van der Waals surface area contributed by atoms with Crippen LogP contribution in [0.2, 0.25) is 0 Å². The minimum atomic E-state index is -0.538. The SMILES string of the molecule is CN1CCC(NCc2ccc(O)c(O)c2O)C1=O. The molecular weight excluding hydrogens is 236 g/mol. The lowest BCUT2D eigenvalue weighted by Gasteiger charge is -2.13. The summed E-state index contributed by atoms with van der Waals surface area (Å²) in [5, 5.41) is 31.2. The van der Waals surface area contributed by atoms with Gasteiger partial charge in [-0.1, -0.05) is 6.07 Å². The van der Waals surface area contributed by atoms with Crippen molar-refractivity contribution in [1.29, 1.82) is 0 Å². The molecule has 1 amide bonds. The molecule has 0 saturated carbocycles. The van der Waals surface area contributed by atoms with Crippen LogP contribution in [-0.2, 0) is 11.3 Å². The molecule has 0 bridgehead atoms. The Balaban J connectivity index is 2.03. The highest BCUT2D eigenvalue weighted by Gasteiger charge is 2.28. The first-order valence-electron chi connectivity index (χ1n) is 5.72.